The minimum absolute atomic E-state index is 0.247. The Morgan fingerprint density at radius 2 is 2.06 bits per heavy atom. The van der Waals surface area contributed by atoms with Crippen molar-refractivity contribution in [3.05, 3.63) is 15.8 Å². The maximum atomic E-state index is 11.5. The van der Waals surface area contributed by atoms with Crippen molar-refractivity contribution in [2.24, 2.45) is 0 Å². The molecule has 100 valence electrons. The summed E-state index contributed by atoms with van der Waals surface area (Å²) in [5.41, 5.74) is 0.989. The molecule has 0 saturated carbocycles. The van der Waals surface area contributed by atoms with Crippen LogP contribution in [0.4, 0.5) is 5.69 Å². The molecule has 0 aliphatic heterocycles. The minimum Gasteiger partial charge on any atom is -0.465 e. The molecule has 1 N–H and O–H groups in total. The molecule has 0 spiro atoms. The van der Waals surface area contributed by atoms with Crippen molar-refractivity contribution in [2.45, 2.75) is 6.92 Å². The van der Waals surface area contributed by atoms with Crippen LogP contribution in [0.3, 0.4) is 0 Å². The van der Waals surface area contributed by atoms with Crippen LogP contribution in [0.5, 0.6) is 0 Å². The highest BCUT2D eigenvalue weighted by atomic mass is 32.2. The van der Waals surface area contributed by atoms with Crippen LogP contribution in [0.25, 0.3) is 0 Å². The molecule has 8 heteroatoms. The Morgan fingerprint density at radius 1 is 1.44 bits per heavy atom. The summed E-state index contributed by atoms with van der Waals surface area (Å²) in [4.78, 5) is 23.2. The molecule has 0 fully saturated rings. The quantitative estimate of drug-likeness (QED) is 0.830. The van der Waals surface area contributed by atoms with E-state index >= 15 is 0 Å². The summed E-state index contributed by atoms with van der Waals surface area (Å²) in [5, 5.41) is 4.10. The molecule has 1 heterocycles. The van der Waals surface area contributed by atoms with Crippen LogP contribution in [0, 0.1) is 6.92 Å². The van der Waals surface area contributed by atoms with E-state index in [1.165, 1.54) is 7.11 Å². The van der Waals surface area contributed by atoms with Gasteiger partial charge in [0.1, 0.15) is 10.6 Å². The monoisotopic (exact) mass is 291 g/mol. The van der Waals surface area contributed by atoms with Gasteiger partial charge in [-0.2, -0.15) is 0 Å². The van der Waals surface area contributed by atoms with Gasteiger partial charge in [0, 0.05) is 6.26 Å². The van der Waals surface area contributed by atoms with E-state index in [1.807, 2.05) is 0 Å². The minimum atomic E-state index is -3.40. The van der Waals surface area contributed by atoms with E-state index in [4.69, 9.17) is 0 Å². The van der Waals surface area contributed by atoms with Gasteiger partial charge in [-0.15, -0.1) is 11.3 Å². The van der Waals surface area contributed by atoms with Gasteiger partial charge in [0.25, 0.3) is 0 Å². The second-order valence-corrected chi connectivity index (χ2v) is 6.75. The Morgan fingerprint density at radius 3 is 2.56 bits per heavy atom. The lowest BCUT2D eigenvalue weighted by Crippen LogP contribution is -2.23. The second kappa shape index (κ2) is 5.49. The highest BCUT2D eigenvalue weighted by Crippen LogP contribution is 2.28. The van der Waals surface area contributed by atoms with Crippen molar-refractivity contribution in [3.63, 3.8) is 0 Å². The molecule has 1 aromatic heterocycles. The largest absolute Gasteiger partial charge is 0.465 e. The number of aryl methyl sites for hydroxylation is 1. The second-order valence-electron chi connectivity index (χ2n) is 3.73. The van der Waals surface area contributed by atoms with Gasteiger partial charge in [0.2, 0.25) is 5.91 Å². The van der Waals surface area contributed by atoms with E-state index in [-0.39, 0.29) is 4.88 Å². The molecule has 1 amide bonds. The summed E-state index contributed by atoms with van der Waals surface area (Å²) >= 11 is 1.13. The predicted molar refractivity (Wildman–Crippen MR) is 68.7 cm³/mol. The Labute approximate surface area is 109 Å². The van der Waals surface area contributed by atoms with Crippen molar-refractivity contribution < 1.29 is 22.7 Å². The molecule has 0 radical (unpaired) electrons. The van der Waals surface area contributed by atoms with Crippen molar-refractivity contribution in [2.75, 3.05) is 24.4 Å². The number of ether oxygens (including phenoxy) is 1. The fourth-order valence-corrected chi connectivity index (χ4v) is 2.73. The van der Waals surface area contributed by atoms with Crippen molar-refractivity contribution in [3.8, 4) is 0 Å². The lowest BCUT2D eigenvalue weighted by atomic mass is 10.2. The number of anilines is 1. The summed E-state index contributed by atoms with van der Waals surface area (Å²) in [7, 11) is -2.17. The third kappa shape index (κ3) is 3.81. The molecule has 6 nitrogen and oxygen atoms in total. The number of carbonyl (C=O) groups is 2. The van der Waals surface area contributed by atoms with Gasteiger partial charge in [-0.3, -0.25) is 4.79 Å². The Kier molecular flexibility index (Phi) is 4.47. The Hall–Kier alpha value is -1.41. The van der Waals surface area contributed by atoms with Crippen LogP contribution < -0.4 is 5.32 Å². The van der Waals surface area contributed by atoms with Crippen LogP contribution in [0.15, 0.2) is 5.38 Å². The van der Waals surface area contributed by atoms with E-state index in [0.29, 0.717) is 11.3 Å². The molecule has 0 aliphatic carbocycles. The zero-order chi connectivity index (χ0) is 13.9. The number of hydrogen-bond donors (Lipinski definition) is 1. The number of methoxy groups -OCH3 is 1. The maximum Gasteiger partial charge on any atom is 0.350 e. The zero-order valence-electron chi connectivity index (χ0n) is 10.1. The first-order chi connectivity index (χ1) is 8.24. The van der Waals surface area contributed by atoms with Gasteiger partial charge >= 0.3 is 5.97 Å². The first-order valence-electron chi connectivity index (χ1n) is 4.88. The van der Waals surface area contributed by atoms with Gasteiger partial charge in [0.05, 0.1) is 12.8 Å². The standard InChI is InChI=1S/C10H13NO5S2/c1-6-4-17-9(10(13)16-2)8(6)11-7(12)5-18(3,14)15/h4H,5H2,1-3H3,(H,11,12). The fraction of sp³-hybridized carbons (Fsp3) is 0.400. The number of hydrogen-bond acceptors (Lipinski definition) is 6. The van der Waals surface area contributed by atoms with Crippen molar-refractivity contribution in [1.82, 2.24) is 0 Å². The molecule has 0 aromatic carbocycles. The molecule has 1 rings (SSSR count). The Balaban J connectivity index is 2.94. The molecule has 0 atom stereocenters. The molecular formula is C10H13NO5S2. The third-order valence-electron chi connectivity index (χ3n) is 2.00. The summed E-state index contributed by atoms with van der Waals surface area (Å²) in [5.74, 6) is -1.87. The van der Waals surface area contributed by atoms with Gasteiger partial charge < -0.3 is 10.1 Å². The van der Waals surface area contributed by atoms with Crippen molar-refractivity contribution in [1.29, 1.82) is 0 Å². The van der Waals surface area contributed by atoms with E-state index in [2.05, 4.69) is 10.1 Å². The van der Waals surface area contributed by atoms with Crippen LogP contribution in [-0.2, 0) is 19.4 Å². The summed E-state index contributed by atoms with van der Waals surface area (Å²) in [6, 6.07) is 0. The number of amides is 1. The number of sulfone groups is 1. The van der Waals surface area contributed by atoms with Crippen LogP contribution >= 0.6 is 11.3 Å². The van der Waals surface area contributed by atoms with Gasteiger partial charge in [-0.1, -0.05) is 0 Å². The van der Waals surface area contributed by atoms with Crippen LogP contribution in [0.2, 0.25) is 0 Å². The molecule has 1 aromatic rings. The average Bonchev–Trinajstić information content (AvgIpc) is 2.57. The van der Waals surface area contributed by atoms with Crippen LogP contribution in [-0.4, -0.2) is 39.4 Å². The first-order valence-corrected chi connectivity index (χ1v) is 7.82. The molecule has 0 bridgehead atoms. The maximum absolute atomic E-state index is 11.5. The SMILES string of the molecule is COC(=O)c1scc(C)c1NC(=O)CS(C)(=O)=O. The van der Waals surface area contributed by atoms with E-state index in [9.17, 15) is 18.0 Å². The lowest BCUT2D eigenvalue weighted by molar-refractivity contribution is -0.113. The highest BCUT2D eigenvalue weighted by Gasteiger charge is 2.20. The number of esters is 1. The summed E-state index contributed by atoms with van der Waals surface area (Å²) in [6.45, 7) is 1.71. The number of thiophene rings is 1. The van der Waals surface area contributed by atoms with E-state index < -0.39 is 27.5 Å². The van der Waals surface area contributed by atoms with Gasteiger partial charge in [0.15, 0.2) is 9.84 Å². The lowest BCUT2D eigenvalue weighted by Gasteiger charge is -2.06. The molecular weight excluding hydrogens is 278 g/mol. The number of nitrogens with one attached hydrogen (secondary N) is 1. The fourth-order valence-electron chi connectivity index (χ4n) is 1.26. The van der Waals surface area contributed by atoms with E-state index in [0.717, 1.165) is 17.6 Å². The average molecular weight is 291 g/mol. The van der Waals surface area contributed by atoms with Gasteiger partial charge in [-0.05, 0) is 17.9 Å². The molecule has 0 aliphatic rings. The summed E-state index contributed by atoms with van der Waals surface area (Å²) < 4.78 is 26.5. The molecule has 0 unspecified atom stereocenters. The highest BCUT2D eigenvalue weighted by molar-refractivity contribution is 7.91. The third-order valence-corrected chi connectivity index (χ3v) is 3.87. The zero-order valence-corrected chi connectivity index (χ0v) is 11.8. The Bertz CT molecular complexity index is 573. The topological polar surface area (TPSA) is 89.5 Å². The molecule has 18 heavy (non-hydrogen) atoms. The first kappa shape index (κ1) is 14.7. The predicted octanol–water partition coefficient (Wildman–Crippen LogP) is 0.826. The van der Waals surface area contributed by atoms with Crippen LogP contribution in [0.1, 0.15) is 15.2 Å². The number of carbonyl (C=O) groups excluding carboxylic acids is 2. The van der Waals surface area contributed by atoms with E-state index in [1.54, 1.807) is 12.3 Å². The smallest absolute Gasteiger partial charge is 0.350 e. The van der Waals surface area contributed by atoms with Gasteiger partial charge in [-0.25, -0.2) is 13.2 Å². The molecule has 0 saturated heterocycles. The summed E-state index contributed by atoms with van der Waals surface area (Å²) in [6.07, 6.45) is 0.967. The van der Waals surface area contributed by atoms with Crippen molar-refractivity contribution >= 4 is 38.7 Å². The normalized spacial score (nSPS) is 11.1. The number of rotatable bonds is 4.